The smallest absolute Gasteiger partial charge is 0.250 e. The summed E-state index contributed by atoms with van der Waals surface area (Å²) >= 11 is 0. The lowest BCUT2D eigenvalue weighted by Gasteiger charge is -2.33. The first-order chi connectivity index (χ1) is 19.8. The number of carbonyl (C=O) groups is 3. The predicted octanol–water partition coefficient (Wildman–Crippen LogP) is 3.96. The molecular weight excluding hydrogens is 522 g/mol. The van der Waals surface area contributed by atoms with Crippen LogP contribution >= 0.6 is 0 Å². The van der Waals surface area contributed by atoms with Crippen LogP contribution in [-0.2, 0) is 19.1 Å². The average molecular weight is 558 g/mol. The van der Waals surface area contributed by atoms with E-state index in [2.05, 4.69) is 10.6 Å². The van der Waals surface area contributed by atoms with Gasteiger partial charge in [0.1, 0.15) is 17.4 Å². The molecule has 3 saturated heterocycles. The standard InChI is InChI=1S/C32H35N3O6/c1-3-40-24-13-11-22(12-14-24)33-28(37)25-26-30(39)35(17-6-18-36)27(32(26)16-15-31(25,2)41-32)29(38)34-23-10-9-20-7-4-5-8-21(20)19-23/h4-5,7-14,19,25-27,36H,3,6,15-18H2,1-2H3,(H,33,37)(H,34,38)/t25-,26-,27?,31+,32?/m0/s1. The summed E-state index contributed by atoms with van der Waals surface area (Å²) in [6.45, 7) is 4.38. The maximum atomic E-state index is 14.0. The lowest BCUT2D eigenvalue weighted by Crippen LogP contribution is -2.53. The number of fused-ring (bicyclic) bond motifs is 2. The number of aliphatic hydroxyl groups is 1. The summed E-state index contributed by atoms with van der Waals surface area (Å²) in [7, 11) is 0. The van der Waals surface area contributed by atoms with E-state index in [0.29, 0.717) is 43.0 Å². The molecule has 9 nitrogen and oxygen atoms in total. The van der Waals surface area contributed by atoms with E-state index in [-0.39, 0.29) is 30.9 Å². The number of benzene rings is 3. The third kappa shape index (κ3) is 4.53. The summed E-state index contributed by atoms with van der Waals surface area (Å²) in [6, 6.07) is 19.7. The largest absolute Gasteiger partial charge is 0.494 e. The van der Waals surface area contributed by atoms with Gasteiger partial charge >= 0.3 is 0 Å². The van der Waals surface area contributed by atoms with Gasteiger partial charge in [-0.2, -0.15) is 0 Å². The molecule has 3 heterocycles. The van der Waals surface area contributed by atoms with Crippen LogP contribution in [0.2, 0.25) is 0 Å². The number of aliphatic hydroxyl groups excluding tert-OH is 1. The van der Waals surface area contributed by atoms with Crippen molar-refractivity contribution in [2.45, 2.75) is 50.4 Å². The molecule has 0 aliphatic carbocycles. The highest BCUT2D eigenvalue weighted by Gasteiger charge is 2.77. The van der Waals surface area contributed by atoms with Crippen molar-refractivity contribution >= 4 is 39.9 Å². The minimum atomic E-state index is -1.14. The third-order valence-corrected chi connectivity index (χ3v) is 8.81. The third-order valence-electron chi connectivity index (χ3n) is 8.81. The van der Waals surface area contributed by atoms with Crippen LogP contribution in [0.4, 0.5) is 11.4 Å². The van der Waals surface area contributed by atoms with E-state index in [9.17, 15) is 19.5 Å². The molecule has 2 bridgehead atoms. The molecule has 0 saturated carbocycles. The number of likely N-dealkylation sites (tertiary alicyclic amines) is 1. The van der Waals surface area contributed by atoms with Crippen LogP contribution in [0.15, 0.2) is 66.7 Å². The van der Waals surface area contributed by atoms with Crippen molar-refractivity contribution < 1.29 is 29.0 Å². The number of amides is 3. The van der Waals surface area contributed by atoms with E-state index < -0.39 is 29.1 Å². The van der Waals surface area contributed by atoms with Crippen molar-refractivity contribution in [2.75, 3.05) is 30.4 Å². The molecule has 3 aromatic rings. The summed E-state index contributed by atoms with van der Waals surface area (Å²) < 4.78 is 12.1. The quantitative estimate of drug-likeness (QED) is 0.367. The van der Waals surface area contributed by atoms with Gasteiger partial charge in [0.2, 0.25) is 17.7 Å². The molecular formula is C32H35N3O6. The van der Waals surface area contributed by atoms with Crippen LogP contribution in [0.25, 0.3) is 10.8 Å². The molecule has 41 heavy (non-hydrogen) atoms. The van der Waals surface area contributed by atoms with E-state index in [1.54, 1.807) is 24.3 Å². The highest BCUT2D eigenvalue weighted by atomic mass is 16.5. The van der Waals surface area contributed by atoms with Gasteiger partial charge in [-0.25, -0.2) is 0 Å². The maximum Gasteiger partial charge on any atom is 0.250 e. The summed E-state index contributed by atoms with van der Waals surface area (Å²) in [4.78, 5) is 43.3. The Hall–Kier alpha value is -3.95. The van der Waals surface area contributed by atoms with Crippen molar-refractivity contribution in [1.29, 1.82) is 0 Å². The molecule has 3 N–H and O–H groups in total. The van der Waals surface area contributed by atoms with Gasteiger partial charge in [-0.05, 0) is 80.3 Å². The molecule has 3 amide bonds. The SMILES string of the molecule is CCOc1ccc(NC(=O)[C@@H]2[C@H]3C(=O)N(CCCO)C(C(=O)Nc4ccc5ccccc5c4)C34CC[C@@]2(C)O4)cc1. The summed E-state index contributed by atoms with van der Waals surface area (Å²) in [5.74, 6) is -1.83. The zero-order valence-electron chi connectivity index (χ0n) is 23.3. The molecule has 3 aromatic carbocycles. The van der Waals surface area contributed by atoms with Crippen LogP contribution in [-0.4, -0.2) is 64.7 Å². The number of nitrogens with zero attached hydrogens (tertiary/aromatic N) is 1. The van der Waals surface area contributed by atoms with Gasteiger partial charge in [0.15, 0.2) is 0 Å². The van der Waals surface area contributed by atoms with E-state index in [1.165, 1.54) is 4.90 Å². The van der Waals surface area contributed by atoms with Gasteiger partial charge in [0.05, 0.1) is 24.0 Å². The fourth-order valence-electron chi connectivity index (χ4n) is 7.11. The molecule has 9 heteroatoms. The van der Waals surface area contributed by atoms with Crippen molar-refractivity contribution in [3.8, 4) is 5.75 Å². The Kier molecular flexibility index (Phi) is 6.95. The van der Waals surface area contributed by atoms with Gasteiger partial charge in [0, 0.05) is 24.5 Å². The van der Waals surface area contributed by atoms with E-state index in [4.69, 9.17) is 9.47 Å². The first kappa shape index (κ1) is 27.2. The van der Waals surface area contributed by atoms with E-state index in [0.717, 1.165) is 10.8 Å². The number of hydrogen-bond donors (Lipinski definition) is 3. The number of carbonyl (C=O) groups excluding carboxylic acids is 3. The molecule has 5 atom stereocenters. The molecule has 3 fully saturated rings. The molecule has 1 spiro atoms. The number of nitrogens with one attached hydrogen (secondary N) is 2. The van der Waals surface area contributed by atoms with Crippen molar-refractivity contribution in [3.63, 3.8) is 0 Å². The van der Waals surface area contributed by atoms with Crippen LogP contribution in [0.1, 0.15) is 33.1 Å². The Labute approximate surface area is 238 Å². The Morgan fingerprint density at radius 1 is 1.00 bits per heavy atom. The van der Waals surface area contributed by atoms with E-state index in [1.807, 2.05) is 56.3 Å². The Morgan fingerprint density at radius 2 is 1.71 bits per heavy atom. The van der Waals surface area contributed by atoms with Crippen LogP contribution < -0.4 is 15.4 Å². The van der Waals surface area contributed by atoms with E-state index >= 15 is 0 Å². The summed E-state index contributed by atoms with van der Waals surface area (Å²) in [6.07, 6.45) is 1.35. The highest BCUT2D eigenvalue weighted by Crippen LogP contribution is 2.63. The zero-order valence-corrected chi connectivity index (χ0v) is 23.3. The summed E-state index contributed by atoms with van der Waals surface area (Å²) in [5.41, 5.74) is -0.817. The average Bonchev–Trinajstić information content (AvgIpc) is 3.53. The minimum absolute atomic E-state index is 0.124. The molecule has 0 radical (unpaired) electrons. The van der Waals surface area contributed by atoms with Gasteiger partial charge in [-0.15, -0.1) is 0 Å². The first-order valence-electron chi connectivity index (χ1n) is 14.2. The first-order valence-corrected chi connectivity index (χ1v) is 14.2. The number of ether oxygens (including phenoxy) is 2. The molecule has 3 aliphatic rings. The highest BCUT2D eigenvalue weighted by molar-refractivity contribution is 6.05. The molecule has 3 aliphatic heterocycles. The van der Waals surface area contributed by atoms with Crippen LogP contribution in [0.3, 0.4) is 0 Å². The summed E-state index contributed by atoms with van der Waals surface area (Å²) in [5, 5.41) is 17.6. The molecule has 214 valence electrons. The van der Waals surface area contributed by atoms with Crippen LogP contribution in [0.5, 0.6) is 5.75 Å². The van der Waals surface area contributed by atoms with Crippen molar-refractivity contribution in [1.82, 2.24) is 4.90 Å². The lowest BCUT2D eigenvalue weighted by molar-refractivity contribution is -0.143. The maximum absolute atomic E-state index is 14.0. The number of anilines is 2. The Morgan fingerprint density at radius 3 is 2.44 bits per heavy atom. The lowest BCUT2D eigenvalue weighted by atomic mass is 9.66. The Bertz CT molecular complexity index is 1490. The second kappa shape index (κ2) is 10.5. The number of hydrogen-bond acceptors (Lipinski definition) is 6. The minimum Gasteiger partial charge on any atom is -0.494 e. The van der Waals surface area contributed by atoms with Crippen LogP contribution in [0, 0.1) is 11.8 Å². The second-order valence-electron chi connectivity index (χ2n) is 11.3. The normalized spacial score (nSPS) is 28.1. The fraction of sp³-hybridized carbons (Fsp3) is 0.406. The predicted molar refractivity (Wildman–Crippen MR) is 154 cm³/mol. The monoisotopic (exact) mass is 557 g/mol. The number of rotatable bonds is 9. The Balaban J connectivity index is 1.30. The van der Waals surface area contributed by atoms with Gasteiger partial charge < -0.3 is 30.1 Å². The molecule has 2 unspecified atom stereocenters. The van der Waals surface area contributed by atoms with Gasteiger partial charge in [-0.1, -0.05) is 30.3 Å². The van der Waals surface area contributed by atoms with Crippen molar-refractivity contribution in [3.05, 3.63) is 66.7 Å². The van der Waals surface area contributed by atoms with Gasteiger partial charge in [-0.3, -0.25) is 14.4 Å². The molecule has 6 rings (SSSR count). The zero-order chi connectivity index (χ0) is 28.8. The van der Waals surface area contributed by atoms with Gasteiger partial charge in [0.25, 0.3) is 0 Å². The topological polar surface area (TPSA) is 117 Å². The second-order valence-corrected chi connectivity index (χ2v) is 11.3. The van der Waals surface area contributed by atoms with Crippen molar-refractivity contribution in [2.24, 2.45) is 11.8 Å². The fourth-order valence-corrected chi connectivity index (χ4v) is 7.11. The molecule has 0 aromatic heterocycles.